The first-order chi connectivity index (χ1) is 8.02. The number of halogens is 1. The average molecular weight is 252 g/mol. The van der Waals surface area contributed by atoms with Gasteiger partial charge in [0.15, 0.2) is 0 Å². The molecule has 1 aromatic carbocycles. The Morgan fingerprint density at radius 1 is 1.41 bits per heavy atom. The van der Waals surface area contributed by atoms with E-state index < -0.39 is 0 Å². The molecule has 2 rings (SSSR count). The van der Waals surface area contributed by atoms with E-state index in [1.54, 1.807) is 0 Å². The maximum absolute atomic E-state index is 11.7. The average Bonchev–Trinajstić information content (AvgIpc) is 2.55. The normalized spacial score (nSPS) is 20.5. The molecule has 0 saturated heterocycles. The fourth-order valence-corrected chi connectivity index (χ4v) is 3.06. The van der Waals surface area contributed by atoms with Crippen LogP contribution < -0.4 is 4.90 Å². The van der Waals surface area contributed by atoms with Crippen molar-refractivity contribution in [1.82, 2.24) is 0 Å². The minimum atomic E-state index is -0.261. The van der Waals surface area contributed by atoms with Crippen molar-refractivity contribution < 1.29 is 4.79 Å². The topological polar surface area (TPSA) is 20.3 Å². The Morgan fingerprint density at radius 2 is 2.06 bits per heavy atom. The van der Waals surface area contributed by atoms with E-state index in [1.165, 1.54) is 5.56 Å². The Labute approximate surface area is 108 Å². The van der Waals surface area contributed by atoms with Crippen LogP contribution in [0.5, 0.6) is 0 Å². The molecule has 0 aliphatic carbocycles. The molecule has 2 atom stereocenters. The number of para-hydroxylation sites is 1. The molecule has 1 aliphatic heterocycles. The lowest BCUT2D eigenvalue weighted by Gasteiger charge is -2.34. The van der Waals surface area contributed by atoms with Gasteiger partial charge in [0.2, 0.25) is 5.24 Å². The van der Waals surface area contributed by atoms with Crippen molar-refractivity contribution in [2.24, 2.45) is 5.92 Å². The SMILES string of the molecule is CC(C)C(C(=O)Cl)N1c2ccccc2CC1C. The molecule has 1 heterocycles. The van der Waals surface area contributed by atoms with E-state index in [-0.39, 0.29) is 17.2 Å². The van der Waals surface area contributed by atoms with Gasteiger partial charge in [-0.25, -0.2) is 0 Å². The second kappa shape index (κ2) is 4.69. The maximum Gasteiger partial charge on any atom is 0.244 e. The summed E-state index contributed by atoms with van der Waals surface area (Å²) >= 11 is 5.77. The Kier molecular flexibility index (Phi) is 3.43. The number of benzene rings is 1. The molecular formula is C14H18ClNO. The van der Waals surface area contributed by atoms with Crippen LogP contribution in [0.3, 0.4) is 0 Å². The van der Waals surface area contributed by atoms with Crippen LogP contribution in [-0.4, -0.2) is 17.3 Å². The molecule has 2 nitrogen and oxygen atoms in total. The Hall–Kier alpha value is -1.02. The third-order valence-corrected chi connectivity index (χ3v) is 3.65. The van der Waals surface area contributed by atoms with E-state index in [0.29, 0.717) is 6.04 Å². The fourth-order valence-electron chi connectivity index (χ4n) is 2.71. The summed E-state index contributed by atoms with van der Waals surface area (Å²) in [5, 5.41) is -0.261. The molecule has 0 saturated carbocycles. The number of hydrogen-bond donors (Lipinski definition) is 0. The number of carbonyl (C=O) groups is 1. The molecule has 92 valence electrons. The minimum absolute atomic E-state index is 0.216. The smallest absolute Gasteiger partial charge is 0.244 e. The molecule has 0 spiro atoms. The molecule has 1 aromatic rings. The van der Waals surface area contributed by atoms with Crippen LogP contribution in [-0.2, 0) is 11.2 Å². The van der Waals surface area contributed by atoms with Crippen LogP contribution in [0.4, 0.5) is 5.69 Å². The summed E-state index contributed by atoms with van der Waals surface area (Å²) < 4.78 is 0. The molecule has 0 aromatic heterocycles. The number of rotatable bonds is 3. The van der Waals surface area contributed by atoms with Crippen molar-refractivity contribution in [3.8, 4) is 0 Å². The lowest BCUT2D eigenvalue weighted by molar-refractivity contribution is -0.113. The highest BCUT2D eigenvalue weighted by Gasteiger charge is 2.36. The van der Waals surface area contributed by atoms with Crippen molar-refractivity contribution in [3.63, 3.8) is 0 Å². The van der Waals surface area contributed by atoms with Crippen LogP contribution in [0.15, 0.2) is 24.3 Å². The lowest BCUT2D eigenvalue weighted by Crippen LogP contribution is -2.46. The molecule has 0 fully saturated rings. The highest BCUT2D eigenvalue weighted by Crippen LogP contribution is 2.35. The number of nitrogens with zero attached hydrogens (tertiary/aromatic N) is 1. The molecule has 0 bridgehead atoms. The third kappa shape index (κ3) is 2.19. The maximum atomic E-state index is 11.7. The Balaban J connectivity index is 2.41. The highest BCUT2D eigenvalue weighted by molar-refractivity contribution is 6.65. The number of carbonyl (C=O) groups excluding carboxylic acids is 1. The van der Waals surface area contributed by atoms with Crippen molar-refractivity contribution in [3.05, 3.63) is 29.8 Å². The van der Waals surface area contributed by atoms with Gasteiger partial charge >= 0.3 is 0 Å². The van der Waals surface area contributed by atoms with Crippen molar-refractivity contribution in [2.45, 2.75) is 39.3 Å². The molecule has 0 amide bonds. The van der Waals surface area contributed by atoms with Gasteiger partial charge in [0.1, 0.15) is 6.04 Å². The zero-order valence-electron chi connectivity index (χ0n) is 10.5. The number of hydrogen-bond acceptors (Lipinski definition) is 2. The summed E-state index contributed by atoms with van der Waals surface area (Å²) in [6.07, 6.45) is 0.990. The van der Waals surface area contributed by atoms with Gasteiger partial charge in [-0.05, 0) is 42.5 Å². The Morgan fingerprint density at radius 3 is 2.65 bits per heavy atom. The predicted octanol–water partition coefficient (Wildman–Crippen LogP) is 3.23. The number of fused-ring (bicyclic) bond motifs is 1. The van der Waals surface area contributed by atoms with E-state index >= 15 is 0 Å². The second-order valence-corrected chi connectivity index (χ2v) is 5.45. The summed E-state index contributed by atoms with van der Waals surface area (Å²) in [5.74, 6) is 0.216. The fraction of sp³-hybridized carbons (Fsp3) is 0.500. The van der Waals surface area contributed by atoms with E-state index in [9.17, 15) is 4.79 Å². The lowest BCUT2D eigenvalue weighted by atomic mass is 10.0. The van der Waals surface area contributed by atoms with Gasteiger partial charge in [-0.15, -0.1) is 0 Å². The molecule has 0 radical (unpaired) electrons. The quantitative estimate of drug-likeness (QED) is 0.769. The van der Waals surface area contributed by atoms with Gasteiger partial charge in [-0.1, -0.05) is 32.0 Å². The molecule has 0 N–H and O–H groups in total. The molecule has 2 unspecified atom stereocenters. The largest absolute Gasteiger partial charge is 0.357 e. The van der Waals surface area contributed by atoms with E-state index in [0.717, 1.165) is 12.1 Å². The van der Waals surface area contributed by atoms with Gasteiger partial charge in [0.25, 0.3) is 0 Å². The van der Waals surface area contributed by atoms with Crippen LogP contribution in [0.2, 0.25) is 0 Å². The van der Waals surface area contributed by atoms with Crippen molar-refractivity contribution >= 4 is 22.5 Å². The molecule has 3 heteroatoms. The second-order valence-electron chi connectivity index (χ2n) is 5.08. The van der Waals surface area contributed by atoms with Gasteiger partial charge < -0.3 is 4.90 Å². The van der Waals surface area contributed by atoms with Gasteiger partial charge in [0.05, 0.1) is 0 Å². The summed E-state index contributed by atoms with van der Waals surface area (Å²) in [7, 11) is 0. The van der Waals surface area contributed by atoms with Crippen LogP contribution in [0.1, 0.15) is 26.3 Å². The number of anilines is 1. The molecule has 1 aliphatic rings. The van der Waals surface area contributed by atoms with Crippen molar-refractivity contribution in [1.29, 1.82) is 0 Å². The molecule has 17 heavy (non-hydrogen) atoms. The molecular weight excluding hydrogens is 234 g/mol. The summed E-state index contributed by atoms with van der Waals surface area (Å²) in [4.78, 5) is 13.8. The van der Waals surface area contributed by atoms with E-state index in [1.807, 2.05) is 26.0 Å². The van der Waals surface area contributed by atoms with Crippen molar-refractivity contribution in [2.75, 3.05) is 4.90 Å². The summed E-state index contributed by atoms with van der Waals surface area (Å²) in [6.45, 7) is 6.23. The third-order valence-electron chi connectivity index (χ3n) is 3.42. The van der Waals surface area contributed by atoms with Crippen LogP contribution in [0, 0.1) is 5.92 Å². The summed E-state index contributed by atoms with van der Waals surface area (Å²) in [6, 6.07) is 8.37. The van der Waals surface area contributed by atoms with Gasteiger partial charge in [0, 0.05) is 11.7 Å². The first-order valence-electron chi connectivity index (χ1n) is 6.08. The predicted molar refractivity (Wildman–Crippen MR) is 71.6 cm³/mol. The Bertz CT molecular complexity index is 430. The van der Waals surface area contributed by atoms with Crippen LogP contribution in [0.25, 0.3) is 0 Å². The highest BCUT2D eigenvalue weighted by atomic mass is 35.5. The summed E-state index contributed by atoms with van der Waals surface area (Å²) in [5.41, 5.74) is 2.47. The monoisotopic (exact) mass is 251 g/mol. The van der Waals surface area contributed by atoms with E-state index in [2.05, 4.69) is 24.0 Å². The van der Waals surface area contributed by atoms with E-state index in [4.69, 9.17) is 11.6 Å². The minimum Gasteiger partial charge on any atom is -0.357 e. The first kappa shape index (κ1) is 12.4. The zero-order valence-corrected chi connectivity index (χ0v) is 11.2. The zero-order chi connectivity index (χ0) is 12.6. The first-order valence-corrected chi connectivity index (χ1v) is 6.45. The van der Waals surface area contributed by atoms with Crippen LogP contribution >= 0.6 is 11.6 Å². The van der Waals surface area contributed by atoms with Gasteiger partial charge in [-0.3, -0.25) is 4.79 Å². The standard InChI is InChI=1S/C14H18ClNO/c1-9(2)13(14(15)17)16-10(3)8-11-6-4-5-7-12(11)16/h4-7,9-10,13H,8H2,1-3H3. The van der Waals surface area contributed by atoms with Gasteiger partial charge in [-0.2, -0.15) is 0 Å².